The van der Waals surface area contributed by atoms with Crippen LogP contribution in [0, 0.1) is 12.2 Å². The summed E-state index contributed by atoms with van der Waals surface area (Å²) in [5.41, 5.74) is 5.96. The summed E-state index contributed by atoms with van der Waals surface area (Å²) < 4.78 is 0. The maximum absolute atomic E-state index is 3.41. The molecule has 128 valence electrons. The van der Waals surface area contributed by atoms with E-state index in [9.17, 15) is 0 Å². The second kappa shape index (κ2) is 17.2. The Kier molecular flexibility index (Phi) is 21.2. The van der Waals surface area contributed by atoms with E-state index < -0.39 is 0 Å². The molecule has 0 fully saturated rings. The smallest absolute Gasteiger partial charge is 1.00 e. The predicted octanol–water partition coefficient (Wildman–Crippen LogP) is 0.518. The number of rotatable bonds is 6. The number of hydrogen-bond acceptors (Lipinski definition) is 0. The number of halogens is 2. The van der Waals surface area contributed by atoms with Crippen LogP contribution in [-0.2, 0) is 25.8 Å². The monoisotopic (exact) mass is 520 g/mol. The molecule has 0 aromatic carbocycles. The van der Waals surface area contributed by atoms with E-state index in [0.717, 1.165) is 6.42 Å². The van der Waals surface area contributed by atoms with Gasteiger partial charge in [0.25, 0.3) is 0 Å². The minimum atomic E-state index is 0. The van der Waals surface area contributed by atoms with Gasteiger partial charge in [-0.25, -0.2) is 22.3 Å². The van der Waals surface area contributed by atoms with Gasteiger partial charge in [-0.1, -0.05) is 72.1 Å². The number of allylic oxidation sites excluding steroid dienone is 8. The molecular weight excluding hydrogens is 490 g/mol. The molecule has 0 amide bonds. The van der Waals surface area contributed by atoms with Crippen LogP contribution >= 0.6 is 0 Å². The van der Waals surface area contributed by atoms with Gasteiger partial charge in [0, 0.05) is 0 Å². The zero-order chi connectivity index (χ0) is 14.8. The van der Waals surface area contributed by atoms with Crippen molar-refractivity contribution in [3.63, 3.8) is 0 Å². The van der Waals surface area contributed by atoms with Gasteiger partial charge in [-0.2, -0.15) is 12.2 Å². The van der Waals surface area contributed by atoms with Crippen molar-refractivity contribution in [3.05, 3.63) is 46.6 Å². The van der Waals surface area contributed by atoms with E-state index in [-0.39, 0.29) is 50.7 Å². The molecule has 0 aromatic rings. The van der Waals surface area contributed by atoms with Crippen LogP contribution in [0.4, 0.5) is 0 Å². The molecule has 0 saturated heterocycles. The van der Waals surface area contributed by atoms with E-state index >= 15 is 0 Å². The Balaban J connectivity index is -0.000000347. The van der Waals surface area contributed by atoms with Gasteiger partial charge >= 0.3 is 25.8 Å². The maximum Gasteiger partial charge on any atom is 4.00 e. The van der Waals surface area contributed by atoms with Gasteiger partial charge in [-0.3, -0.25) is 12.2 Å². The van der Waals surface area contributed by atoms with Crippen LogP contribution in [0.3, 0.4) is 0 Å². The minimum absolute atomic E-state index is 0. The van der Waals surface area contributed by atoms with Gasteiger partial charge in [0.1, 0.15) is 0 Å². The zero-order valence-electron chi connectivity index (χ0n) is 15.1. The summed E-state index contributed by atoms with van der Waals surface area (Å²) in [6, 6.07) is 0. The van der Waals surface area contributed by atoms with E-state index in [4.69, 9.17) is 0 Å². The minimum Gasteiger partial charge on any atom is -1.00 e. The van der Waals surface area contributed by atoms with E-state index in [2.05, 4.69) is 52.0 Å². The average molecular weight is 520 g/mol. The standard InChI is InChI=1S/C13H21.C7H9.2ClH.Hf/c1-3-5-8-12-10-7-11-13(12)9-6-4-2;1-6-4-3-5-7(6)2;;;/h7H,3-6,8-10H2,1-2H3;3H,4H2,1-2H3;2*1H;/q2*-1;;;+4/p-2. The maximum atomic E-state index is 3.41. The molecule has 0 nitrogen and oxygen atoms in total. The predicted molar refractivity (Wildman–Crippen MR) is 89.3 cm³/mol. The summed E-state index contributed by atoms with van der Waals surface area (Å²) in [7, 11) is 0. The molecule has 23 heavy (non-hydrogen) atoms. The van der Waals surface area contributed by atoms with Crippen molar-refractivity contribution >= 4 is 0 Å². The quantitative estimate of drug-likeness (QED) is 0.355. The molecule has 0 heterocycles. The molecule has 0 radical (unpaired) electrons. The van der Waals surface area contributed by atoms with Gasteiger partial charge in [0.15, 0.2) is 0 Å². The second-order valence-corrected chi connectivity index (χ2v) is 5.80. The first-order valence-corrected chi connectivity index (χ1v) is 8.22. The Morgan fingerprint density at radius 1 is 0.870 bits per heavy atom. The van der Waals surface area contributed by atoms with E-state index in [1.54, 1.807) is 5.57 Å². The van der Waals surface area contributed by atoms with Crippen LogP contribution < -0.4 is 24.8 Å². The third-order valence-corrected chi connectivity index (χ3v) is 4.03. The van der Waals surface area contributed by atoms with Gasteiger partial charge in [-0.05, 0) is 0 Å². The molecule has 3 heteroatoms. The van der Waals surface area contributed by atoms with Crippen molar-refractivity contribution in [1.82, 2.24) is 0 Å². The number of unbranched alkanes of at least 4 members (excludes halogenated alkanes) is 2. The Morgan fingerprint density at radius 3 is 1.87 bits per heavy atom. The molecule has 0 N–H and O–H groups in total. The molecule has 2 rings (SSSR count). The van der Waals surface area contributed by atoms with E-state index in [0.29, 0.717) is 0 Å². The Bertz CT molecular complexity index is 417. The van der Waals surface area contributed by atoms with Crippen molar-refractivity contribution in [2.75, 3.05) is 0 Å². The van der Waals surface area contributed by atoms with Crippen molar-refractivity contribution < 1.29 is 50.7 Å². The normalized spacial score (nSPS) is 14.8. The molecule has 0 saturated carbocycles. The number of hydrogen-bond donors (Lipinski definition) is 0. The second-order valence-electron chi connectivity index (χ2n) is 5.80. The first kappa shape index (κ1) is 28.2. The fourth-order valence-corrected chi connectivity index (χ4v) is 2.40. The van der Waals surface area contributed by atoms with Gasteiger partial charge in [0.2, 0.25) is 0 Å². The average Bonchev–Trinajstić information content (AvgIpc) is 3.04. The summed E-state index contributed by atoms with van der Waals surface area (Å²) in [5, 5.41) is 0. The summed E-state index contributed by atoms with van der Waals surface area (Å²) in [5.74, 6) is 0. The van der Waals surface area contributed by atoms with Crippen molar-refractivity contribution in [2.45, 2.75) is 79.1 Å². The van der Waals surface area contributed by atoms with Crippen LogP contribution in [0.15, 0.2) is 34.4 Å². The topological polar surface area (TPSA) is 0 Å². The third kappa shape index (κ3) is 11.6. The largest absolute Gasteiger partial charge is 4.00 e. The molecule has 0 aromatic heterocycles. The van der Waals surface area contributed by atoms with Crippen molar-refractivity contribution in [3.8, 4) is 0 Å². The molecular formula is C20H30Cl2Hf. The molecule has 0 atom stereocenters. The SMILES string of the molecule is CC1=C(C)CC=[C-]1.CCCCC1=C(CCCC)CC=[C-]1.[Cl-].[Cl-].[Hf+4]. The Hall–Kier alpha value is 0.410. The summed E-state index contributed by atoms with van der Waals surface area (Å²) in [4.78, 5) is 0. The fraction of sp³-hybridized carbons (Fsp3) is 0.600. The third-order valence-electron chi connectivity index (χ3n) is 4.03. The van der Waals surface area contributed by atoms with Crippen LogP contribution in [0.25, 0.3) is 0 Å². The Morgan fingerprint density at radius 2 is 1.43 bits per heavy atom. The zero-order valence-corrected chi connectivity index (χ0v) is 20.2. The summed E-state index contributed by atoms with van der Waals surface area (Å²) >= 11 is 0. The van der Waals surface area contributed by atoms with Crippen molar-refractivity contribution in [1.29, 1.82) is 0 Å². The Labute approximate surface area is 175 Å². The van der Waals surface area contributed by atoms with Crippen LogP contribution in [0.1, 0.15) is 79.1 Å². The molecule has 2 aliphatic rings. The molecule has 0 spiro atoms. The first-order valence-electron chi connectivity index (χ1n) is 8.22. The van der Waals surface area contributed by atoms with Gasteiger partial charge in [0.05, 0.1) is 0 Å². The van der Waals surface area contributed by atoms with Gasteiger partial charge < -0.3 is 24.8 Å². The molecule has 2 aliphatic carbocycles. The van der Waals surface area contributed by atoms with E-state index in [1.165, 1.54) is 61.7 Å². The van der Waals surface area contributed by atoms with E-state index in [1.807, 2.05) is 0 Å². The fourth-order valence-electron chi connectivity index (χ4n) is 2.40. The molecule has 0 unspecified atom stereocenters. The first-order chi connectivity index (χ1) is 9.69. The van der Waals surface area contributed by atoms with Gasteiger partial charge in [-0.15, -0.1) is 6.92 Å². The molecule has 0 bridgehead atoms. The summed E-state index contributed by atoms with van der Waals surface area (Å²) in [6.45, 7) is 8.76. The summed E-state index contributed by atoms with van der Waals surface area (Å²) in [6.07, 6.45) is 20.9. The van der Waals surface area contributed by atoms with Crippen LogP contribution in [-0.4, -0.2) is 0 Å². The molecule has 0 aliphatic heterocycles. The van der Waals surface area contributed by atoms with Crippen LogP contribution in [0.5, 0.6) is 0 Å². The van der Waals surface area contributed by atoms with Crippen molar-refractivity contribution in [2.24, 2.45) is 0 Å². The van der Waals surface area contributed by atoms with Crippen LogP contribution in [0.2, 0.25) is 0 Å².